The number of aromatic nitrogens is 4. The number of phenolic OH excluding ortho intramolecular Hbond substituents is 1. The maximum Gasteiger partial charge on any atom is 0.185 e. The summed E-state index contributed by atoms with van der Waals surface area (Å²) in [5.74, 6) is 0.772. The monoisotopic (exact) mass is 437 g/mol. The topological polar surface area (TPSA) is 111 Å². The van der Waals surface area contributed by atoms with Crippen molar-refractivity contribution in [1.82, 2.24) is 25.5 Å². The number of hydrogen-bond donors (Lipinski definition) is 2. The lowest BCUT2D eigenvalue weighted by Crippen LogP contribution is -2.55. The van der Waals surface area contributed by atoms with Crippen LogP contribution in [0, 0.1) is 11.3 Å². The molecular weight excluding hydrogens is 417 g/mol. The molecule has 8 nitrogen and oxygen atoms in total. The number of phenols is 1. The molecule has 4 heterocycles. The molecule has 2 N–H and O–H groups in total. The number of nitriles is 1. The Labute approximate surface area is 182 Å². The number of benzene rings is 1. The highest BCUT2D eigenvalue weighted by Gasteiger charge is 2.43. The first-order valence-electron chi connectivity index (χ1n) is 10.1. The zero-order chi connectivity index (χ0) is 21.5. The van der Waals surface area contributed by atoms with Crippen LogP contribution < -0.4 is 10.2 Å². The van der Waals surface area contributed by atoms with Crippen LogP contribution in [-0.4, -0.2) is 56.6 Å². The molecular formula is C21H20FN7OS. The van der Waals surface area contributed by atoms with Gasteiger partial charge in [-0.05, 0) is 31.4 Å². The summed E-state index contributed by atoms with van der Waals surface area (Å²) < 4.78 is 14.8. The van der Waals surface area contributed by atoms with Crippen molar-refractivity contribution in [1.29, 1.82) is 5.26 Å². The highest BCUT2D eigenvalue weighted by molar-refractivity contribution is 7.13. The molecule has 3 aromatic rings. The van der Waals surface area contributed by atoms with Crippen molar-refractivity contribution >= 4 is 17.2 Å². The van der Waals surface area contributed by atoms with Crippen molar-refractivity contribution < 1.29 is 9.50 Å². The second kappa shape index (κ2) is 7.83. The quantitative estimate of drug-likeness (QED) is 0.641. The summed E-state index contributed by atoms with van der Waals surface area (Å²) in [5.41, 5.74) is 1.48. The Kier molecular flexibility index (Phi) is 5.00. The zero-order valence-corrected chi connectivity index (χ0v) is 17.6. The highest BCUT2D eigenvalue weighted by atomic mass is 32.1. The summed E-state index contributed by atoms with van der Waals surface area (Å²) in [6, 6.07) is 7.04. The van der Waals surface area contributed by atoms with Crippen LogP contribution in [0.2, 0.25) is 0 Å². The molecule has 2 aliphatic rings. The van der Waals surface area contributed by atoms with Gasteiger partial charge in [-0.15, -0.1) is 21.5 Å². The Morgan fingerprint density at radius 3 is 2.90 bits per heavy atom. The lowest BCUT2D eigenvalue weighted by atomic mass is 9.96. The lowest BCUT2D eigenvalue weighted by Gasteiger charge is -2.38. The van der Waals surface area contributed by atoms with E-state index in [-0.39, 0.29) is 23.7 Å². The first-order chi connectivity index (χ1) is 15.0. The van der Waals surface area contributed by atoms with Crippen molar-refractivity contribution in [2.75, 3.05) is 11.9 Å². The summed E-state index contributed by atoms with van der Waals surface area (Å²) in [7, 11) is 1.82. The molecule has 2 fully saturated rings. The Bertz CT molecular complexity index is 1150. The van der Waals surface area contributed by atoms with Crippen molar-refractivity contribution in [3.63, 3.8) is 0 Å². The van der Waals surface area contributed by atoms with E-state index in [0.717, 1.165) is 19.3 Å². The summed E-state index contributed by atoms with van der Waals surface area (Å²) >= 11 is 1.33. The molecule has 0 amide bonds. The van der Waals surface area contributed by atoms with E-state index in [9.17, 15) is 9.50 Å². The molecule has 0 saturated carbocycles. The maximum absolute atomic E-state index is 14.8. The largest absolute Gasteiger partial charge is 0.507 e. The smallest absolute Gasteiger partial charge is 0.185 e. The van der Waals surface area contributed by atoms with E-state index in [1.807, 2.05) is 18.0 Å². The average Bonchev–Trinajstić information content (AvgIpc) is 3.43. The average molecular weight is 438 g/mol. The first-order valence-corrected chi connectivity index (χ1v) is 10.9. The number of hydrogen-bond acceptors (Lipinski definition) is 9. The summed E-state index contributed by atoms with van der Waals surface area (Å²) in [6.45, 7) is 0. The second-order valence-electron chi connectivity index (χ2n) is 7.93. The maximum atomic E-state index is 14.8. The molecule has 1 aromatic carbocycles. The number of nitrogens with one attached hydrogen (secondary N) is 1. The fourth-order valence-corrected chi connectivity index (χ4v) is 5.13. The molecule has 2 saturated heterocycles. The number of nitrogens with zero attached hydrogens (tertiary/aromatic N) is 6. The first kappa shape index (κ1) is 19.8. The number of halogens is 1. The SMILES string of the molecule is CN(c1cnc(-c2ccc(-c3nc(C#N)cs3)cc2O)nn1)[C@H]1C[C@@H]2CC[C@@H](N2)[C@H]1F. The van der Waals surface area contributed by atoms with Crippen molar-refractivity contribution in [2.45, 2.75) is 43.6 Å². The van der Waals surface area contributed by atoms with E-state index < -0.39 is 6.17 Å². The highest BCUT2D eigenvalue weighted by Crippen LogP contribution is 2.35. The molecule has 2 aromatic heterocycles. The van der Waals surface area contributed by atoms with Crippen LogP contribution in [0.3, 0.4) is 0 Å². The molecule has 5 rings (SSSR count). The summed E-state index contributed by atoms with van der Waals surface area (Å²) in [6.07, 6.45) is 3.20. The minimum absolute atomic E-state index is 0.00661. The standard InChI is InChI=1S/C21H20FN7OS/c1-29(16-7-12-3-5-15(25-12)19(16)22)18-9-24-20(28-27-18)14-4-2-11(6-17(14)30)21-26-13(8-23)10-31-21/h2,4,6,9-10,12,15-16,19,25,30H,3,5,7H2,1H3/t12-,15+,16-,19+/m0/s1. The third-order valence-corrected chi connectivity index (χ3v) is 6.96. The van der Waals surface area contributed by atoms with E-state index in [0.29, 0.717) is 33.7 Å². The van der Waals surface area contributed by atoms with Gasteiger partial charge in [0.05, 0.1) is 17.8 Å². The third-order valence-electron chi connectivity index (χ3n) is 6.07. The molecule has 0 unspecified atom stereocenters. The summed E-state index contributed by atoms with van der Waals surface area (Å²) in [5, 5.41) is 33.5. The van der Waals surface area contributed by atoms with Crippen LogP contribution in [0.1, 0.15) is 25.0 Å². The number of piperidine rings is 1. The van der Waals surface area contributed by atoms with E-state index in [1.165, 1.54) is 11.3 Å². The van der Waals surface area contributed by atoms with Crippen molar-refractivity contribution in [3.8, 4) is 33.8 Å². The van der Waals surface area contributed by atoms with Crippen LogP contribution in [0.25, 0.3) is 22.0 Å². The Morgan fingerprint density at radius 1 is 1.32 bits per heavy atom. The Balaban J connectivity index is 1.35. The number of fused-ring (bicyclic) bond motifs is 2. The predicted octanol–water partition coefficient (Wildman–Crippen LogP) is 2.91. The minimum atomic E-state index is -0.964. The Morgan fingerprint density at radius 2 is 2.19 bits per heavy atom. The number of rotatable bonds is 4. The zero-order valence-electron chi connectivity index (χ0n) is 16.7. The summed E-state index contributed by atoms with van der Waals surface area (Å²) in [4.78, 5) is 10.4. The van der Waals surface area contributed by atoms with E-state index in [4.69, 9.17) is 5.26 Å². The van der Waals surface area contributed by atoms with Gasteiger partial charge in [0, 0.05) is 30.1 Å². The van der Waals surface area contributed by atoms with Gasteiger partial charge in [0.25, 0.3) is 0 Å². The molecule has 0 spiro atoms. The van der Waals surface area contributed by atoms with Gasteiger partial charge in [0.15, 0.2) is 17.3 Å². The van der Waals surface area contributed by atoms with Gasteiger partial charge >= 0.3 is 0 Å². The number of anilines is 1. The second-order valence-corrected chi connectivity index (χ2v) is 8.79. The molecule has 0 aliphatic carbocycles. The Hall–Kier alpha value is -3.16. The van der Waals surface area contributed by atoms with Gasteiger partial charge in [0.2, 0.25) is 0 Å². The molecule has 158 valence electrons. The molecule has 10 heteroatoms. The van der Waals surface area contributed by atoms with Crippen molar-refractivity contribution in [2.24, 2.45) is 0 Å². The van der Waals surface area contributed by atoms with E-state index in [1.54, 1.807) is 29.8 Å². The van der Waals surface area contributed by atoms with Crippen LogP contribution in [-0.2, 0) is 0 Å². The normalized spacial score (nSPS) is 24.7. The van der Waals surface area contributed by atoms with Crippen molar-refractivity contribution in [3.05, 3.63) is 35.5 Å². The number of alkyl halides is 1. The van der Waals surface area contributed by atoms with Gasteiger partial charge in [-0.3, -0.25) is 0 Å². The molecule has 4 atom stereocenters. The van der Waals surface area contributed by atoms with E-state index in [2.05, 4.69) is 25.5 Å². The van der Waals surface area contributed by atoms with Gasteiger partial charge in [0.1, 0.15) is 23.0 Å². The molecule has 2 aliphatic heterocycles. The van der Waals surface area contributed by atoms with Gasteiger partial charge < -0.3 is 15.3 Å². The lowest BCUT2D eigenvalue weighted by molar-refractivity contribution is 0.176. The van der Waals surface area contributed by atoms with Gasteiger partial charge in [-0.2, -0.15) is 5.26 Å². The van der Waals surface area contributed by atoms with Crippen LogP contribution in [0.15, 0.2) is 29.8 Å². The molecule has 0 radical (unpaired) electrons. The van der Waals surface area contributed by atoms with Crippen LogP contribution in [0.4, 0.5) is 10.2 Å². The van der Waals surface area contributed by atoms with Gasteiger partial charge in [-0.1, -0.05) is 6.07 Å². The third kappa shape index (κ3) is 3.60. The predicted molar refractivity (Wildman–Crippen MR) is 114 cm³/mol. The number of thiazole rings is 1. The van der Waals surface area contributed by atoms with Crippen LogP contribution >= 0.6 is 11.3 Å². The van der Waals surface area contributed by atoms with E-state index >= 15 is 0 Å². The number of aromatic hydroxyl groups is 1. The van der Waals surface area contributed by atoms with Gasteiger partial charge in [-0.25, -0.2) is 14.4 Å². The fourth-order valence-electron chi connectivity index (χ4n) is 4.38. The molecule has 2 bridgehead atoms. The van der Waals surface area contributed by atoms with Crippen LogP contribution in [0.5, 0.6) is 5.75 Å². The fraction of sp³-hybridized carbons (Fsp3) is 0.381. The minimum Gasteiger partial charge on any atom is -0.507 e. The molecule has 31 heavy (non-hydrogen) atoms.